The molecule has 0 bridgehead atoms. The molecule has 0 saturated carbocycles. The molecule has 0 spiro atoms. The first-order valence-corrected chi connectivity index (χ1v) is 5.87. The first-order chi connectivity index (χ1) is 5.24. The third-order valence-corrected chi connectivity index (χ3v) is 3.02. The van der Waals surface area contributed by atoms with Gasteiger partial charge in [0.2, 0.25) is 0 Å². The van der Waals surface area contributed by atoms with E-state index < -0.39 is 11.6 Å². The molecule has 11 heavy (non-hydrogen) atoms. The molecule has 60 valence electrons. The van der Waals surface area contributed by atoms with Crippen molar-refractivity contribution in [2.75, 3.05) is 0 Å². The van der Waals surface area contributed by atoms with Gasteiger partial charge < -0.3 is 0 Å². The second-order valence-electron chi connectivity index (χ2n) is 1.73. The van der Waals surface area contributed by atoms with Gasteiger partial charge in [-0.3, -0.25) is 0 Å². The lowest BCUT2D eigenvalue weighted by Crippen LogP contribution is -1.81. The SMILES string of the molecule is Fc1ccc(SSS)cc1F. The Bertz CT molecular complexity index is 252. The van der Waals surface area contributed by atoms with Crippen LogP contribution in [0, 0.1) is 11.6 Å². The van der Waals surface area contributed by atoms with Crippen LogP contribution >= 0.6 is 32.3 Å². The molecular formula is C6H4F2S3. The summed E-state index contributed by atoms with van der Waals surface area (Å²) in [4.78, 5) is 0.656. The lowest BCUT2D eigenvalue weighted by Gasteiger charge is -1.96. The minimum atomic E-state index is -0.822. The lowest BCUT2D eigenvalue weighted by atomic mass is 10.3. The zero-order valence-electron chi connectivity index (χ0n) is 5.25. The molecule has 0 amide bonds. The summed E-state index contributed by atoms with van der Waals surface area (Å²) in [5, 5.41) is 0. The van der Waals surface area contributed by atoms with Crippen LogP contribution in [0.3, 0.4) is 0 Å². The third kappa shape index (κ3) is 2.57. The summed E-state index contributed by atoms with van der Waals surface area (Å²) in [5.41, 5.74) is 0. The number of thiol groups is 1. The Morgan fingerprint density at radius 3 is 2.45 bits per heavy atom. The first kappa shape index (κ1) is 9.22. The van der Waals surface area contributed by atoms with Crippen LogP contribution < -0.4 is 0 Å². The van der Waals surface area contributed by atoms with E-state index >= 15 is 0 Å². The Kier molecular flexibility index (Phi) is 3.54. The third-order valence-electron chi connectivity index (χ3n) is 1.02. The molecule has 0 aliphatic heterocycles. The van der Waals surface area contributed by atoms with E-state index in [9.17, 15) is 8.78 Å². The standard InChI is InChI=1S/C6H4F2S3/c7-5-2-1-4(10-11-9)3-6(5)8/h1-3,9H. The summed E-state index contributed by atoms with van der Waals surface area (Å²) < 4.78 is 24.8. The summed E-state index contributed by atoms with van der Waals surface area (Å²) in [7, 11) is 2.46. The van der Waals surface area contributed by atoms with E-state index in [1.54, 1.807) is 0 Å². The molecule has 0 aliphatic rings. The van der Waals surface area contributed by atoms with E-state index in [1.807, 2.05) is 0 Å². The lowest BCUT2D eigenvalue weighted by molar-refractivity contribution is 0.506. The molecule has 0 radical (unpaired) electrons. The maximum absolute atomic E-state index is 12.5. The zero-order valence-corrected chi connectivity index (χ0v) is 7.78. The fraction of sp³-hybridized carbons (Fsp3) is 0. The minimum absolute atomic E-state index is 0.656. The summed E-state index contributed by atoms with van der Waals surface area (Å²) in [5.74, 6) is -1.64. The smallest absolute Gasteiger partial charge is 0.159 e. The predicted molar refractivity (Wildman–Crippen MR) is 48.8 cm³/mol. The maximum atomic E-state index is 12.5. The van der Waals surface area contributed by atoms with Gasteiger partial charge in [-0.1, -0.05) is 11.7 Å². The molecule has 0 aromatic heterocycles. The van der Waals surface area contributed by atoms with Crippen LogP contribution in [-0.4, -0.2) is 0 Å². The van der Waals surface area contributed by atoms with Crippen molar-refractivity contribution in [3.05, 3.63) is 29.8 Å². The van der Waals surface area contributed by atoms with Crippen LogP contribution in [0.4, 0.5) is 8.78 Å². The molecule has 0 nitrogen and oxygen atoms in total. The summed E-state index contributed by atoms with van der Waals surface area (Å²) >= 11 is 3.86. The van der Waals surface area contributed by atoms with Crippen LogP contribution in [0.5, 0.6) is 0 Å². The highest BCUT2D eigenvalue weighted by molar-refractivity contribution is 9.05. The van der Waals surface area contributed by atoms with Gasteiger partial charge in [0.05, 0.1) is 0 Å². The second-order valence-corrected chi connectivity index (χ2v) is 4.81. The summed E-state index contributed by atoms with van der Waals surface area (Å²) in [6.07, 6.45) is 0. The van der Waals surface area contributed by atoms with Crippen LogP contribution in [0.1, 0.15) is 0 Å². The normalized spacial score (nSPS) is 10.1. The molecule has 0 fully saturated rings. The van der Waals surface area contributed by atoms with Crippen LogP contribution in [0.2, 0.25) is 0 Å². The van der Waals surface area contributed by atoms with E-state index in [1.165, 1.54) is 26.7 Å². The van der Waals surface area contributed by atoms with Gasteiger partial charge in [-0.05, 0) is 38.8 Å². The van der Waals surface area contributed by atoms with Crippen LogP contribution in [-0.2, 0) is 0 Å². The van der Waals surface area contributed by atoms with E-state index in [0.29, 0.717) is 4.90 Å². The Morgan fingerprint density at radius 2 is 1.91 bits per heavy atom. The first-order valence-electron chi connectivity index (χ1n) is 2.67. The van der Waals surface area contributed by atoms with Gasteiger partial charge in [-0.15, -0.1) is 0 Å². The number of hydrogen-bond acceptors (Lipinski definition) is 3. The van der Waals surface area contributed by atoms with Gasteiger partial charge in [-0.2, -0.15) is 0 Å². The molecule has 0 N–H and O–H groups in total. The van der Waals surface area contributed by atoms with Crippen LogP contribution in [0.15, 0.2) is 23.1 Å². The molecule has 0 saturated heterocycles. The van der Waals surface area contributed by atoms with Gasteiger partial charge >= 0.3 is 0 Å². The Hall–Kier alpha value is 0.130. The molecule has 1 aromatic carbocycles. The van der Waals surface area contributed by atoms with Crippen molar-refractivity contribution in [2.24, 2.45) is 0 Å². The molecular weight excluding hydrogens is 206 g/mol. The highest BCUT2D eigenvalue weighted by Gasteiger charge is 2.01. The van der Waals surface area contributed by atoms with E-state index in [4.69, 9.17) is 0 Å². The van der Waals surface area contributed by atoms with Crippen molar-refractivity contribution in [2.45, 2.75) is 4.90 Å². The molecule has 0 heterocycles. The number of hydrogen-bond donors (Lipinski definition) is 1. The van der Waals surface area contributed by atoms with Crippen LogP contribution in [0.25, 0.3) is 0 Å². The highest BCUT2D eigenvalue weighted by atomic mass is 33.5. The topological polar surface area (TPSA) is 0 Å². The Labute approximate surface area is 76.0 Å². The molecule has 1 rings (SSSR count). The van der Waals surface area contributed by atoms with Gasteiger partial charge in [0.1, 0.15) is 0 Å². The number of halogens is 2. The van der Waals surface area contributed by atoms with Crippen molar-refractivity contribution < 1.29 is 8.78 Å². The quantitative estimate of drug-likeness (QED) is 0.585. The van der Waals surface area contributed by atoms with Crippen molar-refractivity contribution in [1.29, 1.82) is 0 Å². The Balaban J connectivity index is 2.86. The van der Waals surface area contributed by atoms with Gasteiger partial charge in [0.15, 0.2) is 11.6 Å². The second kappa shape index (κ2) is 4.23. The fourth-order valence-corrected chi connectivity index (χ4v) is 2.28. The largest absolute Gasteiger partial charge is 0.204 e. The van der Waals surface area contributed by atoms with E-state index in [-0.39, 0.29) is 0 Å². The summed E-state index contributed by atoms with van der Waals surface area (Å²) in [6.45, 7) is 0. The maximum Gasteiger partial charge on any atom is 0.159 e. The molecule has 0 unspecified atom stereocenters. The summed E-state index contributed by atoms with van der Waals surface area (Å²) in [6, 6.07) is 3.75. The molecule has 0 aliphatic carbocycles. The number of rotatable bonds is 2. The van der Waals surface area contributed by atoms with Gasteiger partial charge in [0, 0.05) is 4.90 Å². The van der Waals surface area contributed by atoms with Crippen molar-refractivity contribution in [3.63, 3.8) is 0 Å². The monoisotopic (exact) mass is 210 g/mol. The average Bonchev–Trinajstić information content (AvgIpc) is 1.98. The molecule has 1 aromatic rings. The fourth-order valence-electron chi connectivity index (χ4n) is 0.572. The van der Waals surface area contributed by atoms with Crippen molar-refractivity contribution >= 4 is 32.3 Å². The number of benzene rings is 1. The zero-order chi connectivity index (χ0) is 8.27. The predicted octanol–water partition coefficient (Wildman–Crippen LogP) is 3.55. The van der Waals surface area contributed by atoms with E-state index in [0.717, 1.165) is 12.1 Å². The van der Waals surface area contributed by atoms with Crippen molar-refractivity contribution in [1.82, 2.24) is 0 Å². The average molecular weight is 210 g/mol. The van der Waals surface area contributed by atoms with Crippen molar-refractivity contribution in [3.8, 4) is 0 Å². The molecule has 0 atom stereocenters. The van der Waals surface area contributed by atoms with E-state index in [2.05, 4.69) is 11.7 Å². The molecule has 5 heteroatoms. The van der Waals surface area contributed by atoms with Gasteiger partial charge in [-0.25, -0.2) is 8.78 Å². The minimum Gasteiger partial charge on any atom is -0.204 e. The highest BCUT2D eigenvalue weighted by Crippen LogP contribution is 2.33. The van der Waals surface area contributed by atoms with Gasteiger partial charge in [0.25, 0.3) is 0 Å². The Morgan fingerprint density at radius 1 is 1.18 bits per heavy atom.